The molecule has 2 N–H and O–H groups in total. The van der Waals surface area contributed by atoms with Crippen molar-refractivity contribution in [1.82, 2.24) is 0 Å². The summed E-state index contributed by atoms with van der Waals surface area (Å²) in [5.74, 6) is 0. The van der Waals surface area contributed by atoms with Crippen molar-refractivity contribution in [2.45, 2.75) is 6.04 Å². The van der Waals surface area contributed by atoms with Crippen molar-refractivity contribution in [3.05, 3.63) is 46.0 Å². The molecule has 0 aromatic heterocycles. The number of rotatable bonds is 4. The summed E-state index contributed by atoms with van der Waals surface area (Å²) in [7, 11) is 0. The molecular formula is C8H10N2O3. The molecule has 1 rings (SSSR count). The number of benzene rings is 1. The maximum absolute atomic E-state index is 9.86. The molecule has 0 amide bonds. The second-order valence-corrected chi connectivity index (χ2v) is 2.54. The van der Waals surface area contributed by atoms with E-state index in [2.05, 4.69) is 4.84 Å². The molecular weight excluding hydrogens is 172 g/mol. The minimum absolute atomic E-state index is 0.114. The van der Waals surface area contributed by atoms with Crippen LogP contribution in [0.2, 0.25) is 0 Å². The summed E-state index contributed by atoms with van der Waals surface area (Å²) in [5.41, 5.74) is 6.44. The normalized spacial score (nSPS) is 12.1. The number of hydrogen-bond donors (Lipinski definition) is 1. The summed E-state index contributed by atoms with van der Waals surface area (Å²) in [6, 6.07) is 8.64. The fraction of sp³-hybridized carbons (Fsp3) is 0.250. The molecule has 70 valence electrons. The van der Waals surface area contributed by atoms with Gasteiger partial charge in [0.2, 0.25) is 0 Å². The molecule has 0 aliphatic rings. The van der Waals surface area contributed by atoms with E-state index in [-0.39, 0.29) is 6.61 Å². The molecule has 1 atom stereocenters. The van der Waals surface area contributed by atoms with Crippen molar-refractivity contribution in [3.8, 4) is 0 Å². The van der Waals surface area contributed by atoms with E-state index in [9.17, 15) is 10.1 Å². The molecule has 0 fully saturated rings. The summed E-state index contributed by atoms with van der Waals surface area (Å²) in [6.07, 6.45) is 0. The Kier molecular flexibility index (Phi) is 3.22. The first-order valence-electron chi connectivity index (χ1n) is 3.78. The maximum Gasteiger partial charge on any atom is 0.294 e. The Morgan fingerprint density at radius 2 is 2.08 bits per heavy atom. The molecule has 0 spiro atoms. The van der Waals surface area contributed by atoms with Crippen LogP contribution in [-0.4, -0.2) is 11.7 Å². The van der Waals surface area contributed by atoms with Crippen molar-refractivity contribution in [2.75, 3.05) is 6.61 Å². The van der Waals surface area contributed by atoms with Gasteiger partial charge < -0.3 is 10.6 Å². The average molecular weight is 182 g/mol. The van der Waals surface area contributed by atoms with Crippen LogP contribution in [0.15, 0.2) is 30.3 Å². The second kappa shape index (κ2) is 4.42. The molecule has 0 unspecified atom stereocenters. The zero-order chi connectivity index (χ0) is 9.68. The van der Waals surface area contributed by atoms with Crippen molar-refractivity contribution in [2.24, 2.45) is 5.73 Å². The lowest BCUT2D eigenvalue weighted by Gasteiger charge is -2.09. The van der Waals surface area contributed by atoms with Crippen LogP contribution in [0.3, 0.4) is 0 Å². The highest BCUT2D eigenvalue weighted by atomic mass is 16.9. The predicted octanol–water partition coefficient (Wildman–Crippen LogP) is 0.895. The van der Waals surface area contributed by atoms with Gasteiger partial charge in [-0.2, -0.15) is 0 Å². The molecule has 1 aromatic carbocycles. The van der Waals surface area contributed by atoms with Crippen LogP contribution in [0.4, 0.5) is 0 Å². The van der Waals surface area contributed by atoms with E-state index in [1.807, 2.05) is 18.2 Å². The number of nitrogens with two attached hydrogens (primary N) is 1. The molecule has 0 saturated heterocycles. The lowest BCUT2D eigenvalue weighted by atomic mass is 10.1. The Morgan fingerprint density at radius 1 is 1.46 bits per heavy atom. The highest BCUT2D eigenvalue weighted by Crippen LogP contribution is 2.09. The van der Waals surface area contributed by atoms with Crippen LogP contribution in [0.5, 0.6) is 0 Å². The highest BCUT2D eigenvalue weighted by Gasteiger charge is 2.06. The lowest BCUT2D eigenvalue weighted by molar-refractivity contribution is -0.758. The quantitative estimate of drug-likeness (QED) is 0.554. The fourth-order valence-corrected chi connectivity index (χ4v) is 0.938. The van der Waals surface area contributed by atoms with Gasteiger partial charge in [-0.05, 0) is 5.56 Å². The van der Waals surface area contributed by atoms with Gasteiger partial charge in [0.15, 0.2) is 0 Å². The summed E-state index contributed by atoms with van der Waals surface area (Å²) < 4.78 is 0. The number of nitrogens with zero attached hydrogens (tertiary/aromatic N) is 1. The standard InChI is InChI=1S/C8H10N2O3/c9-8(6-13-10(11)12)7-4-2-1-3-5-7/h1-5,8H,6,9H2/t8-/m0/s1. The van der Waals surface area contributed by atoms with E-state index in [0.29, 0.717) is 0 Å². The topological polar surface area (TPSA) is 78.4 Å². The third kappa shape index (κ3) is 3.08. The largest absolute Gasteiger partial charge is 0.322 e. The lowest BCUT2D eigenvalue weighted by Crippen LogP contribution is -2.18. The molecule has 0 aliphatic carbocycles. The van der Waals surface area contributed by atoms with Gasteiger partial charge in [0.25, 0.3) is 5.09 Å². The molecule has 0 aliphatic heterocycles. The molecule has 0 radical (unpaired) electrons. The van der Waals surface area contributed by atoms with Gasteiger partial charge in [0, 0.05) is 0 Å². The summed E-state index contributed by atoms with van der Waals surface area (Å²) in [4.78, 5) is 14.0. The van der Waals surface area contributed by atoms with E-state index in [4.69, 9.17) is 5.73 Å². The summed E-state index contributed by atoms with van der Waals surface area (Å²) in [5, 5.41) is 9.02. The first-order valence-corrected chi connectivity index (χ1v) is 3.78. The minimum Gasteiger partial charge on any atom is -0.322 e. The summed E-state index contributed by atoms with van der Waals surface area (Å²) >= 11 is 0. The molecule has 0 saturated carbocycles. The monoisotopic (exact) mass is 182 g/mol. The first kappa shape index (κ1) is 9.47. The smallest absolute Gasteiger partial charge is 0.294 e. The Balaban J connectivity index is 2.49. The van der Waals surface area contributed by atoms with Crippen LogP contribution >= 0.6 is 0 Å². The Hall–Kier alpha value is -1.62. The van der Waals surface area contributed by atoms with Gasteiger partial charge in [-0.25, -0.2) is 0 Å². The highest BCUT2D eigenvalue weighted by molar-refractivity contribution is 5.18. The third-order valence-electron chi connectivity index (χ3n) is 1.59. The first-order chi connectivity index (χ1) is 6.20. The SMILES string of the molecule is N[C@@H](CO[N+](=O)[O-])c1ccccc1. The van der Waals surface area contributed by atoms with E-state index in [1.165, 1.54) is 0 Å². The van der Waals surface area contributed by atoms with Gasteiger partial charge in [0.1, 0.15) is 6.61 Å². The Morgan fingerprint density at radius 3 is 2.62 bits per heavy atom. The van der Waals surface area contributed by atoms with Gasteiger partial charge in [0.05, 0.1) is 6.04 Å². The third-order valence-corrected chi connectivity index (χ3v) is 1.59. The predicted molar refractivity (Wildman–Crippen MR) is 46.3 cm³/mol. The molecule has 0 bridgehead atoms. The Bertz CT molecular complexity index is 276. The zero-order valence-electron chi connectivity index (χ0n) is 6.92. The average Bonchev–Trinajstić information content (AvgIpc) is 2.15. The Labute approximate surface area is 75.2 Å². The van der Waals surface area contributed by atoms with E-state index < -0.39 is 11.1 Å². The molecule has 13 heavy (non-hydrogen) atoms. The summed E-state index contributed by atoms with van der Waals surface area (Å²) in [6.45, 7) is -0.114. The van der Waals surface area contributed by atoms with E-state index in [0.717, 1.165) is 5.56 Å². The molecule has 1 aromatic rings. The van der Waals surface area contributed by atoms with Crippen LogP contribution in [0, 0.1) is 10.1 Å². The maximum atomic E-state index is 9.86. The second-order valence-electron chi connectivity index (χ2n) is 2.54. The zero-order valence-corrected chi connectivity index (χ0v) is 6.92. The van der Waals surface area contributed by atoms with Gasteiger partial charge >= 0.3 is 0 Å². The fourth-order valence-electron chi connectivity index (χ4n) is 0.938. The van der Waals surface area contributed by atoms with Crippen LogP contribution < -0.4 is 5.73 Å². The van der Waals surface area contributed by atoms with Gasteiger partial charge in [-0.15, -0.1) is 10.1 Å². The van der Waals surface area contributed by atoms with Crippen molar-refractivity contribution < 1.29 is 9.92 Å². The molecule has 5 nitrogen and oxygen atoms in total. The van der Waals surface area contributed by atoms with Crippen molar-refractivity contribution in [3.63, 3.8) is 0 Å². The van der Waals surface area contributed by atoms with Crippen molar-refractivity contribution >= 4 is 0 Å². The van der Waals surface area contributed by atoms with Gasteiger partial charge in [-0.3, -0.25) is 0 Å². The molecule has 5 heteroatoms. The minimum atomic E-state index is -0.844. The van der Waals surface area contributed by atoms with Crippen LogP contribution in [0.1, 0.15) is 11.6 Å². The van der Waals surface area contributed by atoms with Gasteiger partial charge in [-0.1, -0.05) is 30.3 Å². The van der Waals surface area contributed by atoms with Crippen LogP contribution in [0.25, 0.3) is 0 Å². The molecule has 0 heterocycles. The van der Waals surface area contributed by atoms with E-state index in [1.54, 1.807) is 12.1 Å². The van der Waals surface area contributed by atoms with Crippen LogP contribution in [-0.2, 0) is 4.84 Å². The number of hydrogen-bond acceptors (Lipinski definition) is 4. The van der Waals surface area contributed by atoms with Crippen molar-refractivity contribution in [1.29, 1.82) is 0 Å². The van der Waals surface area contributed by atoms with E-state index >= 15 is 0 Å².